The fraction of sp³-hybridized carbons (Fsp3) is 0.929. The van der Waals surface area contributed by atoms with Crippen molar-refractivity contribution in [1.29, 1.82) is 0 Å². The Morgan fingerprint density at radius 2 is 1.94 bits per heavy atom. The molecular weight excluding hydrogens is 212 g/mol. The minimum atomic E-state index is -0.103. The van der Waals surface area contributed by atoms with Gasteiger partial charge >= 0.3 is 0 Å². The number of hydrogen-bond acceptors (Lipinski definition) is 2. The molecule has 0 aromatic heterocycles. The Hall–Kier alpha value is -0.570. The highest BCUT2D eigenvalue weighted by Crippen LogP contribution is 2.38. The Balaban J connectivity index is 2.01. The van der Waals surface area contributed by atoms with Crippen LogP contribution in [-0.4, -0.2) is 18.5 Å². The number of rotatable bonds is 2. The van der Waals surface area contributed by atoms with Crippen molar-refractivity contribution >= 4 is 5.91 Å². The molecule has 2 rings (SSSR count). The highest BCUT2D eigenvalue weighted by molar-refractivity contribution is 5.77. The lowest BCUT2D eigenvalue weighted by molar-refractivity contribution is -0.124. The van der Waals surface area contributed by atoms with Crippen molar-refractivity contribution in [2.24, 2.45) is 29.4 Å². The van der Waals surface area contributed by atoms with Gasteiger partial charge in [0, 0.05) is 6.04 Å². The molecule has 5 atom stereocenters. The molecule has 3 heteroatoms. The molecule has 0 spiro atoms. The van der Waals surface area contributed by atoms with E-state index < -0.39 is 0 Å². The Labute approximate surface area is 105 Å². The molecule has 1 saturated heterocycles. The number of piperidine rings is 1. The summed E-state index contributed by atoms with van der Waals surface area (Å²) in [5.41, 5.74) is 5.55. The average Bonchev–Trinajstić information content (AvgIpc) is 2.32. The average molecular weight is 238 g/mol. The lowest BCUT2D eigenvalue weighted by Crippen LogP contribution is -2.52. The van der Waals surface area contributed by atoms with Crippen LogP contribution in [-0.2, 0) is 4.79 Å². The molecule has 1 heterocycles. The van der Waals surface area contributed by atoms with E-state index in [1.54, 1.807) is 0 Å². The summed E-state index contributed by atoms with van der Waals surface area (Å²) in [6.45, 7) is 5.74. The Kier molecular flexibility index (Phi) is 4.08. The van der Waals surface area contributed by atoms with Crippen molar-refractivity contribution in [2.75, 3.05) is 6.54 Å². The van der Waals surface area contributed by atoms with Gasteiger partial charge in [-0.1, -0.05) is 20.3 Å². The van der Waals surface area contributed by atoms with Crippen LogP contribution in [0.1, 0.15) is 46.0 Å². The van der Waals surface area contributed by atoms with E-state index in [0.29, 0.717) is 12.0 Å². The van der Waals surface area contributed by atoms with Crippen molar-refractivity contribution in [2.45, 2.75) is 52.0 Å². The van der Waals surface area contributed by atoms with Gasteiger partial charge in [-0.2, -0.15) is 0 Å². The van der Waals surface area contributed by atoms with Gasteiger partial charge in [0.05, 0.1) is 5.92 Å². The zero-order valence-corrected chi connectivity index (χ0v) is 11.1. The first kappa shape index (κ1) is 12.9. The van der Waals surface area contributed by atoms with Crippen molar-refractivity contribution in [3.05, 3.63) is 0 Å². The fourth-order valence-corrected chi connectivity index (χ4v) is 3.64. The first-order valence-corrected chi connectivity index (χ1v) is 7.12. The summed E-state index contributed by atoms with van der Waals surface area (Å²) in [5.74, 6) is 2.23. The van der Waals surface area contributed by atoms with Gasteiger partial charge in [-0.25, -0.2) is 0 Å². The second-order valence-electron chi connectivity index (χ2n) is 6.16. The number of nitrogens with one attached hydrogen (secondary N) is 1. The van der Waals surface area contributed by atoms with Crippen molar-refractivity contribution in [3.8, 4) is 0 Å². The van der Waals surface area contributed by atoms with Crippen LogP contribution in [0, 0.1) is 23.7 Å². The predicted octanol–water partition coefficient (Wildman–Crippen LogP) is 1.91. The molecule has 0 radical (unpaired) electrons. The molecular formula is C14H26N2O. The molecule has 17 heavy (non-hydrogen) atoms. The molecule has 2 aliphatic rings. The number of carbonyl (C=O) groups excluding carboxylic acids is 1. The number of nitrogens with two attached hydrogens (primary N) is 1. The van der Waals surface area contributed by atoms with Crippen LogP contribution >= 0.6 is 0 Å². The Bertz CT molecular complexity index is 279. The lowest BCUT2D eigenvalue weighted by Gasteiger charge is -2.41. The molecule has 1 aliphatic heterocycles. The molecule has 1 aliphatic carbocycles. The van der Waals surface area contributed by atoms with Gasteiger partial charge in [0.25, 0.3) is 0 Å². The summed E-state index contributed by atoms with van der Waals surface area (Å²) in [7, 11) is 0. The molecule has 3 nitrogen and oxygen atoms in total. The lowest BCUT2D eigenvalue weighted by atomic mass is 9.69. The molecule has 0 aromatic rings. The summed E-state index contributed by atoms with van der Waals surface area (Å²) in [5, 5.41) is 3.55. The summed E-state index contributed by atoms with van der Waals surface area (Å²) < 4.78 is 0. The van der Waals surface area contributed by atoms with Gasteiger partial charge in [0.1, 0.15) is 0 Å². The third-order valence-corrected chi connectivity index (χ3v) is 5.02. The number of primary amides is 1. The second-order valence-corrected chi connectivity index (χ2v) is 6.16. The summed E-state index contributed by atoms with van der Waals surface area (Å²) in [4.78, 5) is 11.5. The van der Waals surface area contributed by atoms with E-state index in [2.05, 4.69) is 19.2 Å². The third kappa shape index (κ3) is 2.82. The van der Waals surface area contributed by atoms with Crippen LogP contribution in [0.4, 0.5) is 0 Å². The molecule has 1 saturated carbocycles. The van der Waals surface area contributed by atoms with E-state index in [1.165, 1.54) is 19.3 Å². The highest BCUT2D eigenvalue weighted by Gasteiger charge is 2.37. The van der Waals surface area contributed by atoms with Crippen molar-refractivity contribution in [1.82, 2.24) is 5.32 Å². The minimum absolute atomic E-state index is 0.0642. The monoisotopic (exact) mass is 238 g/mol. The summed E-state index contributed by atoms with van der Waals surface area (Å²) in [6.07, 6.45) is 5.88. The van der Waals surface area contributed by atoms with Gasteiger partial charge in [-0.05, 0) is 50.0 Å². The topological polar surface area (TPSA) is 55.1 Å². The maximum atomic E-state index is 11.5. The van der Waals surface area contributed by atoms with E-state index in [0.717, 1.165) is 31.2 Å². The van der Waals surface area contributed by atoms with Gasteiger partial charge in [0.2, 0.25) is 5.91 Å². The standard InChI is InChI=1S/C14H26N2O/c1-9-5-6-11(8-10(9)2)13-12(14(15)17)4-3-7-16-13/h9-13,16H,3-8H2,1-2H3,(H2,15,17). The summed E-state index contributed by atoms with van der Waals surface area (Å²) >= 11 is 0. The van der Waals surface area contributed by atoms with Crippen LogP contribution in [0.25, 0.3) is 0 Å². The number of hydrogen-bond donors (Lipinski definition) is 2. The molecule has 2 fully saturated rings. The van der Waals surface area contributed by atoms with Crippen molar-refractivity contribution in [3.63, 3.8) is 0 Å². The van der Waals surface area contributed by atoms with E-state index in [-0.39, 0.29) is 11.8 Å². The smallest absolute Gasteiger partial charge is 0.222 e. The zero-order valence-electron chi connectivity index (χ0n) is 11.1. The van der Waals surface area contributed by atoms with E-state index in [4.69, 9.17) is 5.73 Å². The number of carbonyl (C=O) groups is 1. The normalized spacial score (nSPS) is 43.3. The quantitative estimate of drug-likeness (QED) is 0.772. The van der Waals surface area contributed by atoms with E-state index >= 15 is 0 Å². The SMILES string of the molecule is CC1CCC(C2NCCCC2C(N)=O)CC1C. The molecule has 3 N–H and O–H groups in total. The second kappa shape index (κ2) is 5.38. The molecule has 5 unspecified atom stereocenters. The third-order valence-electron chi connectivity index (χ3n) is 5.02. The maximum absolute atomic E-state index is 11.5. The van der Waals surface area contributed by atoms with Gasteiger partial charge in [0.15, 0.2) is 0 Å². The van der Waals surface area contributed by atoms with E-state index in [9.17, 15) is 4.79 Å². The fourth-order valence-electron chi connectivity index (χ4n) is 3.64. The molecule has 0 bridgehead atoms. The molecule has 1 amide bonds. The van der Waals surface area contributed by atoms with Crippen LogP contribution in [0.15, 0.2) is 0 Å². The molecule has 0 aromatic carbocycles. The van der Waals surface area contributed by atoms with Crippen LogP contribution in [0.2, 0.25) is 0 Å². The Morgan fingerprint density at radius 1 is 1.18 bits per heavy atom. The van der Waals surface area contributed by atoms with Gasteiger partial charge in [-0.3, -0.25) is 4.79 Å². The largest absolute Gasteiger partial charge is 0.369 e. The van der Waals surface area contributed by atoms with E-state index in [1.807, 2.05) is 0 Å². The number of amides is 1. The predicted molar refractivity (Wildman–Crippen MR) is 69.4 cm³/mol. The van der Waals surface area contributed by atoms with Gasteiger partial charge in [-0.15, -0.1) is 0 Å². The minimum Gasteiger partial charge on any atom is -0.369 e. The van der Waals surface area contributed by atoms with Crippen molar-refractivity contribution < 1.29 is 4.79 Å². The van der Waals surface area contributed by atoms with Crippen LogP contribution in [0.5, 0.6) is 0 Å². The first-order chi connectivity index (χ1) is 8.09. The zero-order chi connectivity index (χ0) is 12.4. The van der Waals surface area contributed by atoms with Crippen LogP contribution < -0.4 is 11.1 Å². The maximum Gasteiger partial charge on any atom is 0.222 e. The van der Waals surface area contributed by atoms with Gasteiger partial charge < -0.3 is 11.1 Å². The van der Waals surface area contributed by atoms with Crippen LogP contribution in [0.3, 0.4) is 0 Å². The Morgan fingerprint density at radius 3 is 2.59 bits per heavy atom. The summed E-state index contributed by atoms with van der Waals surface area (Å²) in [6, 6.07) is 0.344. The molecule has 98 valence electrons. The highest BCUT2D eigenvalue weighted by atomic mass is 16.1. The first-order valence-electron chi connectivity index (χ1n) is 7.12.